The number of hydrogen-bond donors (Lipinski definition) is 1. The van der Waals surface area contributed by atoms with E-state index >= 15 is 0 Å². The summed E-state index contributed by atoms with van der Waals surface area (Å²) in [6.07, 6.45) is 3.65. The van der Waals surface area contributed by atoms with Crippen molar-refractivity contribution in [3.63, 3.8) is 0 Å². The lowest BCUT2D eigenvalue weighted by Crippen LogP contribution is -1.89. The summed E-state index contributed by atoms with van der Waals surface area (Å²) < 4.78 is 5.25. The fraction of sp³-hybridized carbons (Fsp3) is 0.0714. The third-order valence-corrected chi connectivity index (χ3v) is 3.55. The first kappa shape index (κ1) is 12.7. The molecule has 0 unspecified atom stereocenters. The molecule has 3 aromatic rings. The Balaban J connectivity index is 1.91. The normalized spacial score (nSPS) is 10.7. The van der Waals surface area contributed by atoms with Gasteiger partial charge in [-0.2, -0.15) is 4.98 Å². The number of nitrogens with zero attached hydrogens (tertiary/aromatic N) is 3. The van der Waals surface area contributed by atoms with E-state index in [2.05, 4.69) is 15.1 Å². The van der Waals surface area contributed by atoms with E-state index in [1.54, 1.807) is 30.1 Å². The van der Waals surface area contributed by atoms with Gasteiger partial charge in [0, 0.05) is 16.7 Å². The minimum atomic E-state index is 0.432. The van der Waals surface area contributed by atoms with E-state index in [-0.39, 0.29) is 0 Å². The average molecular weight is 284 g/mol. The second kappa shape index (κ2) is 5.34. The van der Waals surface area contributed by atoms with Crippen LogP contribution in [0.1, 0.15) is 0 Å². The predicted molar refractivity (Wildman–Crippen MR) is 79.2 cm³/mol. The van der Waals surface area contributed by atoms with Crippen LogP contribution < -0.4 is 5.73 Å². The van der Waals surface area contributed by atoms with Gasteiger partial charge in [-0.3, -0.25) is 0 Å². The summed E-state index contributed by atoms with van der Waals surface area (Å²) in [6, 6.07) is 11.5. The second-order valence-electron chi connectivity index (χ2n) is 4.12. The quantitative estimate of drug-likeness (QED) is 0.745. The van der Waals surface area contributed by atoms with E-state index < -0.39 is 0 Å². The van der Waals surface area contributed by atoms with Crippen molar-refractivity contribution in [2.24, 2.45) is 0 Å². The Morgan fingerprint density at radius 3 is 2.45 bits per heavy atom. The van der Waals surface area contributed by atoms with Crippen molar-refractivity contribution in [2.75, 3.05) is 12.0 Å². The maximum absolute atomic E-state index is 5.55. The van der Waals surface area contributed by atoms with Gasteiger partial charge >= 0.3 is 0 Å². The minimum Gasteiger partial charge on any atom is -0.384 e. The third kappa shape index (κ3) is 2.50. The monoisotopic (exact) mass is 284 g/mol. The highest BCUT2D eigenvalue weighted by Crippen LogP contribution is 2.24. The molecule has 2 aromatic heterocycles. The van der Waals surface area contributed by atoms with Crippen LogP contribution in [-0.2, 0) is 0 Å². The summed E-state index contributed by atoms with van der Waals surface area (Å²) in [5, 5.41) is 3.99. The van der Waals surface area contributed by atoms with E-state index in [1.165, 1.54) is 4.90 Å². The molecular weight excluding hydrogens is 272 g/mol. The molecule has 0 aliphatic carbocycles. The first-order valence-electron chi connectivity index (χ1n) is 5.96. The highest BCUT2D eigenvalue weighted by Gasteiger charge is 2.10. The van der Waals surface area contributed by atoms with Gasteiger partial charge in [-0.25, -0.2) is 4.98 Å². The lowest BCUT2D eigenvalue weighted by atomic mass is 10.2. The smallest absolute Gasteiger partial charge is 0.259 e. The van der Waals surface area contributed by atoms with E-state index in [1.807, 2.05) is 30.5 Å². The highest BCUT2D eigenvalue weighted by molar-refractivity contribution is 7.98. The summed E-state index contributed by atoms with van der Waals surface area (Å²) >= 11 is 1.69. The molecule has 0 spiro atoms. The molecule has 0 bridgehead atoms. The number of nitrogens with two attached hydrogens (primary N) is 1. The van der Waals surface area contributed by atoms with Crippen LogP contribution in [0.4, 0.5) is 5.82 Å². The number of benzene rings is 1. The summed E-state index contributed by atoms with van der Waals surface area (Å²) in [6.45, 7) is 0. The van der Waals surface area contributed by atoms with Crippen LogP contribution in [0.25, 0.3) is 22.8 Å². The molecule has 3 rings (SSSR count). The third-order valence-electron chi connectivity index (χ3n) is 2.81. The van der Waals surface area contributed by atoms with E-state index in [0.717, 1.165) is 11.1 Å². The fourth-order valence-electron chi connectivity index (χ4n) is 1.73. The topological polar surface area (TPSA) is 77.8 Å². The minimum absolute atomic E-state index is 0.432. The van der Waals surface area contributed by atoms with Crippen LogP contribution in [0.15, 0.2) is 52.0 Å². The molecule has 0 amide bonds. The molecule has 1 aromatic carbocycles. The van der Waals surface area contributed by atoms with Gasteiger partial charge in [0.05, 0.1) is 5.56 Å². The number of pyridine rings is 1. The molecule has 100 valence electrons. The number of anilines is 1. The Morgan fingerprint density at radius 1 is 1.05 bits per heavy atom. The number of nitrogen functional groups attached to an aromatic ring is 1. The molecule has 0 aliphatic heterocycles. The van der Waals surface area contributed by atoms with Gasteiger partial charge in [-0.1, -0.05) is 5.16 Å². The molecule has 0 saturated heterocycles. The molecule has 20 heavy (non-hydrogen) atoms. The van der Waals surface area contributed by atoms with E-state index in [9.17, 15) is 0 Å². The zero-order chi connectivity index (χ0) is 13.9. The van der Waals surface area contributed by atoms with Gasteiger partial charge in [-0.15, -0.1) is 11.8 Å². The number of hydrogen-bond acceptors (Lipinski definition) is 6. The number of thioether (sulfide) groups is 1. The highest BCUT2D eigenvalue weighted by atomic mass is 32.2. The van der Waals surface area contributed by atoms with Crippen LogP contribution in [-0.4, -0.2) is 21.4 Å². The zero-order valence-electron chi connectivity index (χ0n) is 10.8. The predicted octanol–water partition coefficient (Wildman–Crippen LogP) is 3.10. The van der Waals surface area contributed by atoms with Crippen molar-refractivity contribution in [1.82, 2.24) is 15.1 Å². The molecule has 5 nitrogen and oxygen atoms in total. The van der Waals surface area contributed by atoms with Crippen LogP contribution in [0.2, 0.25) is 0 Å². The molecular formula is C14H12N4OS. The summed E-state index contributed by atoms with van der Waals surface area (Å²) in [5.74, 6) is 1.45. The standard InChI is InChI=1S/C14H12N4OS/c1-20-11-5-2-9(3-6-11)13-17-14(19-18-13)10-4-7-12(15)16-8-10/h2-8H,1H3,(H2,15,16). The van der Waals surface area contributed by atoms with Crippen molar-refractivity contribution < 1.29 is 4.52 Å². The van der Waals surface area contributed by atoms with E-state index in [0.29, 0.717) is 17.5 Å². The Kier molecular flexibility index (Phi) is 3.39. The Hall–Kier alpha value is -2.34. The van der Waals surface area contributed by atoms with Crippen molar-refractivity contribution in [3.05, 3.63) is 42.6 Å². The molecule has 6 heteroatoms. The molecule has 2 N–H and O–H groups in total. The second-order valence-corrected chi connectivity index (χ2v) is 5.00. The Bertz CT molecular complexity index is 707. The first-order chi connectivity index (χ1) is 9.76. The van der Waals surface area contributed by atoms with Gasteiger partial charge in [0.25, 0.3) is 5.89 Å². The molecule has 0 aliphatic rings. The van der Waals surface area contributed by atoms with Crippen molar-refractivity contribution in [3.8, 4) is 22.8 Å². The van der Waals surface area contributed by atoms with Crippen LogP contribution in [0.3, 0.4) is 0 Å². The Morgan fingerprint density at radius 2 is 1.80 bits per heavy atom. The van der Waals surface area contributed by atoms with Crippen LogP contribution >= 0.6 is 11.8 Å². The molecule has 0 saturated carbocycles. The molecule has 0 radical (unpaired) electrons. The van der Waals surface area contributed by atoms with Gasteiger partial charge in [-0.05, 0) is 42.7 Å². The zero-order valence-corrected chi connectivity index (χ0v) is 11.6. The Labute approximate surface area is 120 Å². The summed E-state index contributed by atoms with van der Waals surface area (Å²) in [5.41, 5.74) is 7.22. The van der Waals surface area contributed by atoms with Crippen LogP contribution in [0.5, 0.6) is 0 Å². The van der Waals surface area contributed by atoms with E-state index in [4.69, 9.17) is 10.3 Å². The molecule has 2 heterocycles. The summed E-state index contributed by atoms with van der Waals surface area (Å²) in [7, 11) is 0. The van der Waals surface area contributed by atoms with Crippen molar-refractivity contribution in [1.29, 1.82) is 0 Å². The maximum atomic E-state index is 5.55. The van der Waals surface area contributed by atoms with Crippen molar-refractivity contribution >= 4 is 17.6 Å². The van der Waals surface area contributed by atoms with Crippen molar-refractivity contribution in [2.45, 2.75) is 4.90 Å². The molecule has 0 fully saturated rings. The fourth-order valence-corrected chi connectivity index (χ4v) is 2.14. The maximum Gasteiger partial charge on any atom is 0.259 e. The van der Waals surface area contributed by atoms with Gasteiger partial charge < -0.3 is 10.3 Å². The molecule has 0 atom stereocenters. The number of aromatic nitrogens is 3. The largest absolute Gasteiger partial charge is 0.384 e. The lowest BCUT2D eigenvalue weighted by molar-refractivity contribution is 0.432. The average Bonchev–Trinajstić information content (AvgIpc) is 2.98. The number of rotatable bonds is 3. The summed E-state index contributed by atoms with van der Waals surface area (Å²) in [4.78, 5) is 9.57. The van der Waals surface area contributed by atoms with Crippen LogP contribution in [0, 0.1) is 0 Å². The van der Waals surface area contributed by atoms with Gasteiger partial charge in [0.1, 0.15) is 5.82 Å². The van der Waals surface area contributed by atoms with Gasteiger partial charge in [0.15, 0.2) is 0 Å². The first-order valence-corrected chi connectivity index (χ1v) is 7.19. The lowest BCUT2D eigenvalue weighted by Gasteiger charge is -1.97. The SMILES string of the molecule is CSc1ccc(-c2noc(-c3ccc(N)nc3)n2)cc1. The van der Waals surface area contributed by atoms with Gasteiger partial charge in [0.2, 0.25) is 5.82 Å².